The molecule has 0 radical (unpaired) electrons. The molecule has 1 saturated carbocycles. The largest absolute Gasteiger partial charge is 0.385 e. The number of halogens is 2. The van der Waals surface area contributed by atoms with Crippen LogP contribution in [0.2, 0.25) is 5.02 Å². The van der Waals surface area contributed by atoms with Crippen LogP contribution in [0.1, 0.15) is 24.0 Å². The van der Waals surface area contributed by atoms with Gasteiger partial charge in [-0.05, 0) is 30.5 Å². The van der Waals surface area contributed by atoms with Crippen LogP contribution in [0.4, 0.5) is 0 Å². The van der Waals surface area contributed by atoms with E-state index < -0.39 is 5.60 Å². The summed E-state index contributed by atoms with van der Waals surface area (Å²) in [6.45, 7) is 0.470. The highest BCUT2D eigenvalue weighted by Gasteiger charge is 2.42. The van der Waals surface area contributed by atoms with Gasteiger partial charge in [-0.15, -0.1) is 0 Å². The minimum atomic E-state index is -0.641. The van der Waals surface area contributed by atoms with Crippen LogP contribution in [0.5, 0.6) is 0 Å². The third-order valence-corrected chi connectivity index (χ3v) is 3.74. The van der Waals surface area contributed by atoms with Crippen LogP contribution in [-0.4, -0.2) is 12.2 Å². The van der Waals surface area contributed by atoms with Crippen LogP contribution in [0.25, 0.3) is 0 Å². The van der Waals surface area contributed by atoms with Gasteiger partial charge in [0.25, 0.3) is 0 Å². The van der Waals surface area contributed by atoms with Crippen LogP contribution in [-0.2, 0) is 16.9 Å². The molecule has 15 heavy (non-hydrogen) atoms. The standard InChI is InChI=1S/C11H12BrClO2/c1-15-6-8-9(12)4-7(5-10(8)13)11(14)2-3-11/h4-5,14H,2-3,6H2,1H3. The average Bonchev–Trinajstić information content (AvgIpc) is 2.91. The Bertz CT molecular complexity index is 365. The van der Waals surface area contributed by atoms with E-state index in [-0.39, 0.29) is 0 Å². The zero-order chi connectivity index (χ0) is 11.1. The Hall–Kier alpha value is -0.0900. The van der Waals surface area contributed by atoms with E-state index in [0.717, 1.165) is 28.4 Å². The molecule has 0 bridgehead atoms. The van der Waals surface area contributed by atoms with Gasteiger partial charge in [-0.25, -0.2) is 0 Å². The first-order valence-corrected chi connectivity index (χ1v) is 5.93. The van der Waals surface area contributed by atoms with E-state index in [1.165, 1.54) is 0 Å². The monoisotopic (exact) mass is 290 g/mol. The Labute approximate surface area is 102 Å². The maximum absolute atomic E-state index is 9.96. The predicted molar refractivity (Wildman–Crippen MR) is 63.0 cm³/mol. The molecule has 0 aromatic heterocycles. The minimum Gasteiger partial charge on any atom is -0.385 e. The molecule has 1 aromatic carbocycles. The first kappa shape index (κ1) is 11.4. The Morgan fingerprint density at radius 3 is 2.67 bits per heavy atom. The summed E-state index contributed by atoms with van der Waals surface area (Å²) in [4.78, 5) is 0. The molecule has 0 atom stereocenters. The van der Waals surface area contributed by atoms with Crippen molar-refractivity contribution in [3.8, 4) is 0 Å². The lowest BCUT2D eigenvalue weighted by molar-refractivity contribution is 0.151. The molecule has 1 N–H and O–H groups in total. The number of ether oxygens (including phenoxy) is 1. The van der Waals surface area contributed by atoms with Gasteiger partial charge in [-0.3, -0.25) is 0 Å². The first-order chi connectivity index (χ1) is 7.07. The highest BCUT2D eigenvalue weighted by molar-refractivity contribution is 9.10. The Morgan fingerprint density at radius 2 is 2.20 bits per heavy atom. The second-order valence-electron chi connectivity index (χ2n) is 3.88. The molecule has 2 nitrogen and oxygen atoms in total. The minimum absolute atomic E-state index is 0.470. The summed E-state index contributed by atoms with van der Waals surface area (Å²) >= 11 is 9.57. The molecule has 4 heteroatoms. The van der Waals surface area contributed by atoms with Gasteiger partial charge in [0, 0.05) is 22.2 Å². The van der Waals surface area contributed by atoms with E-state index in [9.17, 15) is 5.11 Å². The number of aliphatic hydroxyl groups is 1. The van der Waals surface area contributed by atoms with Gasteiger partial charge in [-0.1, -0.05) is 27.5 Å². The lowest BCUT2D eigenvalue weighted by atomic mass is 10.1. The second kappa shape index (κ2) is 4.06. The van der Waals surface area contributed by atoms with Crippen molar-refractivity contribution in [2.75, 3.05) is 7.11 Å². The summed E-state index contributed by atoms with van der Waals surface area (Å²) in [6, 6.07) is 3.75. The van der Waals surface area contributed by atoms with Crippen LogP contribution in [0, 0.1) is 0 Å². The number of hydrogen-bond donors (Lipinski definition) is 1. The van der Waals surface area contributed by atoms with E-state index in [4.69, 9.17) is 16.3 Å². The van der Waals surface area contributed by atoms with E-state index in [1.54, 1.807) is 7.11 Å². The molecule has 2 rings (SSSR count). The number of hydrogen-bond acceptors (Lipinski definition) is 2. The van der Waals surface area contributed by atoms with Gasteiger partial charge in [-0.2, -0.15) is 0 Å². The molecular weight excluding hydrogens is 279 g/mol. The molecule has 1 aliphatic carbocycles. The number of rotatable bonds is 3. The smallest absolute Gasteiger partial charge is 0.0899 e. The molecular formula is C11H12BrClO2. The molecule has 0 saturated heterocycles. The van der Waals surface area contributed by atoms with Crippen LogP contribution in [0.3, 0.4) is 0 Å². The lowest BCUT2D eigenvalue weighted by Crippen LogP contribution is -2.05. The van der Waals surface area contributed by atoms with Crippen molar-refractivity contribution in [3.05, 3.63) is 32.8 Å². The Kier molecular flexibility index (Phi) is 3.08. The third-order valence-electron chi connectivity index (χ3n) is 2.69. The van der Waals surface area contributed by atoms with E-state index >= 15 is 0 Å². The summed E-state index contributed by atoms with van der Waals surface area (Å²) in [5.74, 6) is 0. The third kappa shape index (κ3) is 2.21. The van der Waals surface area contributed by atoms with Crippen molar-refractivity contribution >= 4 is 27.5 Å². The maximum Gasteiger partial charge on any atom is 0.0899 e. The number of benzene rings is 1. The van der Waals surface area contributed by atoms with Crippen molar-refractivity contribution in [1.29, 1.82) is 0 Å². The molecule has 0 aliphatic heterocycles. The maximum atomic E-state index is 9.96. The van der Waals surface area contributed by atoms with Crippen molar-refractivity contribution in [2.45, 2.75) is 25.0 Å². The zero-order valence-electron chi connectivity index (χ0n) is 8.39. The van der Waals surface area contributed by atoms with Crippen molar-refractivity contribution in [1.82, 2.24) is 0 Å². The van der Waals surface area contributed by atoms with Crippen LogP contribution < -0.4 is 0 Å². The summed E-state index contributed by atoms with van der Waals surface area (Å²) in [5.41, 5.74) is 1.17. The number of methoxy groups -OCH3 is 1. The van der Waals surface area contributed by atoms with Crippen LogP contribution >= 0.6 is 27.5 Å². The molecule has 1 fully saturated rings. The van der Waals surface area contributed by atoms with Crippen molar-refractivity contribution < 1.29 is 9.84 Å². The quantitative estimate of drug-likeness (QED) is 0.926. The molecule has 1 aliphatic rings. The van der Waals surface area contributed by atoms with Crippen molar-refractivity contribution in [2.24, 2.45) is 0 Å². The van der Waals surface area contributed by atoms with E-state index in [2.05, 4.69) is 15.9 Å². The zero-order valence-corrected chi connectivity index (χ0v) is 10.7. The highest BCUT2D eigenvalue weighted by atomic mass is 79.9. The second-order valence-corrected chi connectivity index (χ2v) is 5.14. The summed E-state index contributed by atoms with van der Waals surface area (Å²) < 4.78 is 5.95. The van der Waals surface area contributed by atoms with Gasteiger partial charge in [0.15, 0.2) is 0 Å². The molecule has 0 amide bonds. The topological polar surface area (TPSA) is 29.5 Å². The Morgan fingerprint density at radius 1 is 1.53 bits per heavy atom. The molecule has 82 valence electrons. The summed E-state index contributed by atoms with van der Waals surface area (Å²) in [6.07, 6.45) is 1.64. The van der Waals surface area contributed by atoms with Crippen LogP contribution in [0.15, 0.2) is 16.6 Å². The Balaban J connectivity index is 2.38. The van der Waals surface area contributed by atoms with E-state index in [1.807, 2.05) is 12.1 Å². The first-order valence-electron chi connectivity index (χ1n) is 4.76. The SMILES string of the molecule is COCc1c(Cl)cc(C2(O)CC2)cc1Br. The highest BCUT2D eigenvalue weighted by Crippen LogP contribution is 2.47. The fourth-order valence-corrected chi connectivity index (χ4v) is 2.52. The molecule has 0 unspecified atom stereocenters. The lowest BCUT2D eigenvalue weighted by Gasteiger charge is -2.13. The van der Waals surface area contributed by atoms with Gasteiger partial charge in [0.2, 0.25) is 0 Å². The summed E-state index contributed by atoms with van der Waals surface area (Å²) in [7, 11) is 1.63. The van der Waals surface area contributed by atoms with Crippen molar-refractivity contribution in [3.63, 3.8) is 0 Å². The average molecular weight is 292 g/mol. The van der Waals surface area contributed by atoms with E-state index in [0.29, 0.717) is 11.6 Å². The molecule has 0 heterocycles. The van der Waals surface area contributed by atoms with Gasteiger partial charge in [0.05, 0.1) is 12.2 Å². The van der Waals surface area contributed by atoms with Gasteiger partial charge < -0.3 is 9.84 Å². The molecule has 0 spiro atoms. The fourth-order valence-electron chi connectivity index (χ4n) is 1.56. The van der Waals surface area contributed by atoms with Gasteiger partial charge >= 0.3 is 0 Å². The summed E-state index contributed by atoms with van der Waals surface area (Å²) in [5, 5.41) is 10.6. The fraction of sp³-hybridized carbons (Fsp3) is 0.455. The predicted octanol–water partition coefficient (Wildman–Crippen LogP) is 3.23. The normalized spacial score (nSPS) is 17.9. The molecule has 1 aromatic rings. The van der Waals surface area contributed by atoms with Gasteiger partial charge in [0.1, 0.15) is 0 Å².